The Bertz CT molecular complexity index is 433. The van der Waals surface area contributed by atoms with Gasteiger partial charge in [0, 0.05) is 15.6 Å². The molecule has 0 bridgehead atoms. The predicted octanol–water partition coefficient (Wildman–Crippen LogP) is 2.16. The smallest absolute Gasteiger partial charge is 0.269 e. The third-order valence-corrected chi connectivity index (χ3v) is 3.39. The van der Waals surface area contributed by atoms with Crippen molar-refractivity contribution in [3.8, 4) is 0 Å². The molecule has 0 saturated heterocycles. The highest BCUT2D eigenvalue weighted by Crippen LogP contribution is 2.13. The lowest BCUT2D eigenvalue weighted by atomic mass is 10.1. The second-order valence-corrected chi connectivity index (χ2v) is 4.88. The summed E-state index contributed by atoms with van der Waals surface area (Å²) in [6.45, 7) is 3.89. The number of hydrogen-bond donors (Lipinski definition) is 2. The summed E-state index contributed by atoms with van der Waals surface area (Å²) >= 11 is 2.17. The van der Waals surface area contributed by atoms with E-state index < -0.39 is 0 Å². The van der Waals surface area contributed by atoms with Gasteiger partial charge in [-0.1, -0.05) is 13.0 Å². The molecule has 92 valence electrons. The van der Waals surface area contributed by atoms with E-state index in [-0.39, 0.29) is 11.8 Å². The van der Waals surface area contributed by atoms with Gasteiger partial charge in [-0.05, 0) is 53.6 Å². The molecule has 2 N–H and O–H groups in total. The van der Waals surface area contributed by atoms with Crippen molar-refractivity contribution < 1.29 is 9.59 Å². The molecule has 1 rings (SSSR count). The van der Waals surface area contributed by atoms with Gasteiger partial charge >= 0.3 is 0 Å². The Balaban J connectivity index is 2.58. The van der Waals surface area contributed by atoms with Crippen LogP contribution in [0.25, 0.3) is 0 Å². The van der Waals surface area contributed by atoms with E-state index in [1.165, 1.54) is 0 Å². The normalized spacial score (nSPS) is 9.82. The first kappa shape index (κ1) is 14.0. The Kier molecular flexibility index (Phi) is 5.40. The van der Waals surface area contributed by atoms with Crippen LogP contribution in [0.4, 0.5) is 0 Å². The van der Waals surface area contributed by atoms with Crippen LogP contribution >= 0.6 is 22.6 Å². The van der Waals surface area contributed by atoms with Crippen LogP contribution in [0.15, 0.2) is 18.2 Å². The molecule has 0 unspecified atom stereocenters. The maximum atomic E-state index is 11.7. The summed E-state index contributed by atoms with van der Waals surface area (Å²) in [5.41, 5.74) is 6.42. The second kappa shape index (κ2) is 6.58. The fraction of sp³-hybridized carbons (Fsp3) is 0.333. The highest BCUT2D eigenvalue weighted by molar-refractivity contribution is 14.1. The molecule has 0 aliphatic rings. The van der Waals surface area contributed by atoms with Crippen molar-refractivity contribution in [2.75, 3.05) is 0 Å². The third kappa shape index (κ3) is 4.33. The van der Waals surface area contributed by atoms with Crippen LogP contribution in [0, 0.1) is 10.5 Å². The van der Waals surface area contributed by atoms with Gasteiger partial charge < -0.3 is 0 Å². The zero-order valence-corrected chi connectivity index (χ0v) is 12.0. The average molecular weight is 346 g/mol. The summed E-state index contributed by atoms with van der Waals surface area (Å²) in [5.74, 6) is -0.477. The van der Waals surface area contributed by atoms with Gasteiger partial charge in [-0.15, -0.1) is 0 Å². The first-order chi connectivity index (χ1) is 8.04. The lowest BCUT2D eigenvalue weighted by Gasteiger charge is -2.07. The highest BCUT2D eigenvalue weighted by Gasteiger charge is 2.07. The molecule has 0 spiro atoms. The molecule has 1 aromatic carbocycles. The number of rotatable bonds is 3. The van der Waals surface area contributed by atoms with E-state index >= 15 is 0 Å². The van der Waals surface area contributed by atoms with Gasteiger partial charge in [-0.2, -0.15) is 0 Å². The van der Waals surface area contributed by atoms with Gasteiger partial charge in [0.2, 0.25) is 5.91 Å². The second-order valence-electron chi connectivity index (χ2n) is 3.72. The molecule has 4 nitrogen and oxygen atoms in total. The van der Waals surface area contributed by atoms with Gasteiger partial charge in [0.15, 0.2) is 0 Å². The Morgan fingerprint density at radius 2 is 2.00 bits per heavy atom. The van der Waals surface area contributed by atoms with Crippen molar-refractivity contribution in [1.29, 1.82) is 0 Å². The van der Waals surface area contributed by atoms with Crippen LogP contribution in [0.5, 0.6) is 0 Å². The Morgan fingerprint density at radius 1 is 1.29 bits per heavy atom. The number of amides is 2. The van der Waals surface area contributed by atoms with Crippen molar-refractivity contribution in [3.63, 3.8) is 0 Å². The highest BCUT2D eigenvalue weighted by atomic mass is 127. The average Bonchev–Trinajstić information content (AvgIpc) is 2.30. The number of carbonyl (C=O) groups excluding carboxylic acids is 2. The SMILES string of the molecule is CCCC(=O)NNC(=O)c1ccc(C)c(I)c1. The van der Waals surface area contributed by atoms with E-state index in [2.05, 4.69) is 33.4 Å². The fourth-order valence-electron chi connectivity index (χ4n) is 1.22. The van der Waals surface area contributed by atoms with Crippen LogP contribution < -0.4 is 10.9 Å². The third-order valence-electron chi connectivity index (χ3n) is 2.23. The molecule has 1 aromatic rings. The van der Waals surface area contributed by atoms with E-state index in [1.807, 2.05) is 19.9 Å². The summed E-state index contributed by atoms with van der Waals surface area (Å²) in [7, 11) is 0. The van der Waals surface area contributed by atoms with Crippen molar-refractivity contribution in [3.05, 3.63) is 32.9 Å². The van der Waals surface area contributed by atoms with E-state index in [4.69, 9.17) is 0 Å². The molecular formula is C12H15IN2O2. The minimum absolute atomic E-state index is 0.178. The van der Waals surface area contributed by atoms with Crippen LogP contribution in [0.2, 0.25) is 0 Å². The minimum Gasteiger partial charge on any atom is -0.273 e. The quantitative estimate of drug-likeness (QED) is 0.651. The molecule has 0 atom stereocenters. The molecule has 0 saturated carbocycles. The monoisotopic (exact) mass is 346 g/mol. The molecule has 0 aliphatic heterocycles. The fourth-order valence-corrected chi connectivity index (χ4v) is 1.74. The number of nitrogens with one attached hydrogen (secondary N) is 2. The molecule has 0 aliphatic carbocycles. The van der Waals surface area contributed by atoms with Gasteiger partial charge in [0.05, 0.1) is 0 Å². The lowest BCUT2D eigenvalue weighted by molar-refractivity contribution is -0.121. The first-order valence-corrected chi connectivity index (χ1v) is 6.47. The Labute approximate surface area is 114 Å². The first-order valence-electron chi connectivity index (χ1n) is 5.40. The van der Waals surface area contributed by atoms with E-state index in [0.717, 1.165) is 15.6 Å². The van der Waals surface area contributed by atoms with Gasteiger partial charge in [0.25, 0.3) is 5.91 Å². The number of hydrazine groups is 1. The van der Waals surface area contributed by atoms with Crippen molar-refractivity contribution in [2.45, 2.75) is 26.7 Å². The van der Waals surface area contributed by atoms with E-state index in [1.54, 1.807) is 12.1 Å². The lowest BCUT2D eigenvalue weighted by Crippen LogP contribution is -2.41. The maximum Gasteiger partial charge on any atom is 0.269 e. The van der Waals surface area contributed by atoms with Crippen LogP contribution in [0.3, 0.4) is 0 Å². The number of benzene rings is 1. The van der Waals surface area contributed by atoms with Gasteiger partial charge in [-0.3, -0.25) is 20.4 Å². The largest absolute Gasteiger partial charge is 0.273 e. The zero-order valence-electron chi connectivity index (χ0n) is 9.84. The van der Waals surface area contributed by atoms with Crippen LogP contribution in [0.1, 0.15) is 35.7 Å². The van der Waals surface area contributed by atoms with Crippen LogP contribution in [-0.2, 0) is 4.79 Å². The molecule has 5 heteroatoms. The van der Waals surface area contributed by atoms with Gasteiger partial charge in [-0.25, -0.2) is 0 Å². The molecule has 0 heterocycles. The van der Waals surface area contributed by atoms with Gasteiger partial charge in [0.1, 0.15) is 0 Å². The molecule has 0 radical (unpaired) electrons. The number of carbonyl (C=O) groups is 2. The zero-order chi connectivity index (χ0) is 12.8. The van der Waals surface area contributed by atoms with Crippen molar-refractivity contribution >= 4 is 34.4 Å². The molecule has 17 heavy (non-hydrogen) atoms. The molecule has 0 aromatic heterocycles. The Hall–Kier alpha value is -1.11. The number of hydrogen-bond acceptors (Lipinski definition) is 2. The topological polar surface area (TPSA) is 58.2 Å². The summed E-state index contributed by atoms with van der Waals surface area (Å²) in [4.78, 5) is 22.9. The van der Waals surface area contributed by atoms with Crippen molar-refractivity contribution in [2.24, 2.45) is 0 Å². The summed E-state index contributed by atoms with van der Waals surface area (Å²) < 4.78 is 1.02. The predicted molar refractivity (Wildman–Crippen MR) is 74.4 cm³/mol. The summed E-state index contributed by atoms with van der Waals surface area (Å²) in [6.07, 6.45) is 1.16. The standard InChI is InChI=1S/C12H15IN2O2/c1-3-4-11(16)14-15-12(17)9-6-5-8(2)10(13)7-9/h5-7H,3-4H2,1-2H3,(H,14,16)(H,15,17). The molecule has 0 fully saturated rings. The van der Waals surface area contributed by atoms with E-state index in [0.29, 0.717) is 12.0 Å². The molecule has 2 amide bonds. The maximum absolute atomic E-state index is 11.7. The summed E-state index contributed by atoms with van der Waals surface area (Å²) in [6, 6.07) is 5.40. The Morgan fingerprint density at radius 3 is 2.59 bits per heavy atom. The van der Waals surface area contributed by atoms with Crippen molar-refractivity contribution in [1.82, 2.24) is 10.9 Å². The number of halogens is 1. The van der Waals surface area contributed by atoms with E-state index in [9.17, 15) is 9.59 Å². The van der Waals surface area contributed by atoms with Crippen LogP contribution in [-0.4, -0.2) is 11.8 Å². The summed E-state index contributed by atoms with van der Waals surface area (Å²) in [5, 5.41) is 0. The molecular weight excluding hydrogens is 331 g/mol. The number of aryl methyl sites for hydroxylation is 1. The minimum atomic E-state index is -0.299.